The van der Waals surface area contributed by atoms with E-state index in [2.05, 4.69) is 14.8 Å². The predicted octanol–water partition coefficient (Wildman–Crippen LogP) is 5.36. The van der Waals surface area contributed by atoms with Crippen LogP contribution >= 0.6 is 11.6 Å². The van der Waals surface area contributed by atoms with Gasteiger partial charge in [0.05, 0.1) is 23.2 Å². The van der Waals surface area contributed by atoms with Gasteiger partial charge in [-0.1, -0.05) is 29.3 Å². The Hall–Kier alpha value is -3.29. The molecule has 0 atom stereocenters. The van der Waals surface area contributed by atoms with Gasteiger partial charge in [0.2, 0.25) is 9.84 Å². The lowest BCUT2D eigenvalue weighted by Crippen LogP contribution is -2.47. The molecular formula is C27H26ClN3O3S. The van der Waals surface area contributed by atoms with Crippen molar-refractivity contribution in [3.05, 3.63) is 83.5 Å². The molecule has 0 saturated carbocycles. The van der Waals surface area contributed by atoms with Crippen LogP contribution in [0, 0.1) is 6.92 Å². The van der Waals surface area contributed by atoms with E-state index in [1.54, 1.807) is 25.3 Å². The number of aryl methyl sites for hydroxylation is 1. The maximum atomic E-state index is 13.8. The minimum atomic E-state index is -3.79. The lowest BCUT2D eigenvalue weighted by Gasteiger charge is -2.38. The van der Waals surface area contributed by atoms with Crippen LogP contribution in [0.15, 0.2) is 82.7 Å². The molecule has 2 heterocycles. The molecule has 1 aliphatic rings. The quantitative estimate of drug-likeness (QED) is 0.362. The van der Waals surface area contributed by atoms with E-state index in [0.717, 1.165) is 35.5 Å². The number of benzene rings is 3. The number of rotatable bonds is 5. The van der Waals surface area contributed by atoms with Crippen molar-refractivity contribution >= 4 is 43.7 Å². The highest BCUT2D eigenvalue weighted by Crippen LogP contribution is 2.37. The molecule has 1 fully saturated rings. The number of pyridine rings is 1. The van der Waals surface area contributed by atoms with Crippen LogP contribution in [0.4, 0.5) is 11.4 Å². The molecule has 35 heavy (non-hydrogen) atoms. The largest absolute Gasteiger partial charge is 0.497 e. The fourth-order valence-corrected chi connectivity index (χ4v) is 6.09. The number of sulfone groups is 1. The van der Waals surface area contributed by atoms with Crippen molar-refractivity contribution in [2.24, 2.45) is 0 Å². The van der Waals surface area contributed by atoms with E-state index in [1.165, 1.54) is 6.20 Å². The Morgan fingerprint density at radius 3 is 2.20 bits per heavy atom. The molecule has 180 valence electrons. The van der Waals surface area contributed by atoms with Crippen molar-refractivity contribution in [2.75, 3.05) is 43.1 Å². The van der Waals surface area contributed by atoms with Crippen molar-refractivity contribution < 1.29 is 13.2 Å². The Labute approximate surface area is 210 Å². The van der Waals surface area contributed by atoms with Crippen LogP contribution in [0.1, 0.15) is 5.56 Å². The summed E-state index contributed by atoms with van der Waals surface area (Å²) in [7, 11) is -2.13. The standard InChI is InChI=1S/C27H26ClN3O3S/c1-19-3-10-23(11-4-19)35(32,33)26-18-29-25-12-5-20(28)17-24(25)27(26)31-15-13-30(14-16-31)21-6-8-22(34-2)9-7-21/h3-12,17-18H,13-16H2,1-2H3. The molecule has 0 radical (unpaired) electrons. The Balaban J connectivity index is 1.54. The third kappa shape index (κ3) is 4.54. The highest BCUT2D eigenvalue weighted by molar-refractivity contribution is 7.91. The number of methoxy groups -OCH3 is 1. The fraction of sp³-hybridized carbons (Fsp3) is 0.222. The first kappa shape index (κ1) is 23.5. The van der Waals surface area contributed by atoms with Crippen molar-refractivity contribution in [1.82, 2.24) is 4.98 Å². The van der Waals surface area contributed by atoms with E-state index < -0.39 is 9.84 Å². The molecule has 1 saturated heterocycles. The minimum absolute atomic E-state index is 0.203. The second kappa shape index (κ2) is 9.40. The summed E-state index contributed by atoms with van der Waals surface area (Å²) in [6, 6.07) is 20.3. The molecule has 0 bridgehead atoms. The zero-order valence-corrected chi connectivity index (χ0v) is 21.2. The zero-order valence-electron chi connectivity index (χ0n) is 19.6. The monoisotopic (exact) mass is 507 g/mol. The lowest BCUT2D eigenvalue weighted by atomic mass is 10.1. The van der Waals surface area contributed by atoms with Crippen LogP contribution in [0.25, 0.3) is 10.9 Å². The maximum absolute atomic E-state index is 13.8. The number of ether oxygens (including phenoxy) is 1. The normalized spacial score (nSPS) is 14.4. The highest BCUT2D eigenvalue weighted by Gasteiger charge is 2.29. The van der Waals surface area contributed by atoms with Gasteiger partial charge in [0.15, 0.2) is 0 Å². The van der Waals surface area contributed by atoms with Crippen LogP contribution in [0.3, 0.4) is 0 Å². The summed E-state index contributed by atoms with van der Waals surface area (Å²) >= 11 is 6.34. The Morgan fingerprint density at radius 1 is 0.886 bits per heavy atom. The van der Waals surface area contributed by atoms with Gasteiger partial charge in [0.25, 0.3) is 0 Å². The lowest BCUT2D eigenvalue weighted by molar-refractivity contribution is 0.415. The minimum Gasteiger partial charge on any atom is -0.497 e. The molecule has 5 rings (SSSR count). The summed E-state index contributed by atoms with van der Waals surface area (Å²) < 4.78 is 32.8. The van der Waals surface area contributed by atoms with Crippen LogP contribution in [0.2, 0.25) is 5.02 Å². The Bertz CT molecular complexity index is 1460. The number of hydrogen-bond donors (Lipinski definition) is 0. The van der Waals surface area contributed by atoms with Crippen LogP contribution in [-0.4, -0.2) is 46.7 Å². The summed E-state index contributed by atoms with van der Waals surface area (Å²) in [5.41, 5.74) is 3.49. The fourth-order valence-electron chi connectivity index (χ4n) is 4.48. The predicted molar refractivity (Wildman–Crippen MR) is 141 cm³/mol. The summed E-state index contributed by atoms with van der Waals surface area (Å²) in [6.45, 7) is 4.76. The van der Waals surface area contributed by atoms with Crippen molar-refractivity contribution in [2.45, 2.75) is 16.7 Å². The molecule has 4 aromatic rings. The molecule has 3 aromatic carbocycles. The molecule has 0 amide bonds. The first-order valence-electron chi connectivity index (χ1n) is 11.4. The van der Waals surface area contributed by atoms with Gasteiger partial charge >= 0.3 is 0 Å². The number of piperazine rings is 1. The third-order valence-corrected chi connectivity index (χ3v) is 8.43. The van der Waals surface area contributed by atoms with Gasteiger partial charge in [0, 0.05) is 48.5 Å². The van der Waals surface area contributed by atoms with Gasteiger partial charge in [0.1, 0.15) is 10.6 Å². The van der Waals surface area contributed by atoms with Gasteiger partial charge in [-0.05, 0) is 61.5 Å². The SMILES string of the molecule is COc1ccc(N2CCN(c3c(S(=O)(=O)c4ccc(C)cc4)cnc4ccc(Cl)cc34)CC2)cc1. The molecule has 1 aliphatic heterocycles. The Kier molecular flexibility index (Phi) is 6.30. The zero-order chi connectivity index (χ0) is 24.6. The second-order valence-electron chi connectivity index (χ2n) is 8.62. The van der Waals surface area contributed by atoms with E-state index in [0.29, 0.717) is 29.3 Å². The van der Waals surface area contributed by atoms with Gasteiger partial charge in [-0.2, -0.15) is 0 Å². The molecular weight excluding hydrogens is 482 g/mol. The van der Waals surface area contributed by atoms with E-state index in [4.69, 9.17) is 16.3 Å². The highest BCUT2D eigenvalue weighted by atomic mass is 35.5. The summed E-state index contributed by atoms with van der Waals surface area (Å²) in [5, 5.41) is 1.28. The van der Waals surface area contributed by atoms with Gasteiger partial charge in [-0.25, -0.2) is 8.42 Å². The molecule has 0 unspecified atom stereocenters. The van der Waals surface area contributed by atoms with E-state index in [1.807, 2.05) is 55.5 Å². The number of fused-ring (bicyclic) bond motifs is 1. The van der Waals surface area contributed by atoms with Crippen LogP contribution in [0.5, 0.6) is 5.75 Å². The van der Waals surface area contributed by atoms with E-state index in [-0.39, 0.29) is 9.79 Å². The number of hydrogen-bond acceptors (Lipinski definition) is 6. The number of anilines is 2. The average molecular weight is 508 g/mol. The van der Waals surface area contributed by atoms with Gasteiger partial charge in [-0.3, -0.25) is 4.98 Å². The first-order valence-corrected chi connectivity index (χ1v) is 13.3. The van der Waals surface area contributed by atoms with E-state index in [9.17, 15) is 8.42 Å². The Morgan fingerprint density at radius 2 is 1.54 bits per heavy atom. The average Bonchev–Trinajstić information content (AvgIpc) is 2.88. The summed E-state index contributed by atoms with van der Waals surface area (Å²) in [6.07, 6.45) is 1.48. The topological polar surface area (TPSA) is 62.7 Å². The number of aromatic nitrogens is 1. The van der Waals surface area contributed by atoms with Gasteiger partial charge in [-0.15, -0.1) is 0 Å². The molecule has 6 nitrogen and oxygen atoms in total. The molecule has 0 spiro atoms. The van der Waals surface area contributed by atoms with Crippen LogP contribution in [-0.2, 0) is 9.84 Å². The summed E-state index contributed by atoms with van der Waals surface area (Å²) in [5.74, 6) is 0.818. The summed E-state index contributed by atoms with van der Waals surface area (Å²) in [4.78, 5) is 9.37. The third-order valence-electron chi connectivity index (χ3n) is 6.42. The first-order chi connectivity index (χ1) is 16.9. The van der Waals surface area contributed by atoms with E-state index >= 15 is 0 Å². The molecule has 1 aromatic heterocycles. The number of nitrogens with zero attached hydrogens (tertiary/aromatic N) is 3. The molecule has 0 N–H and O–H groups in total. The van der Waals surface area contributed by atoms with Crippen molar-refractivity contribution in [1.29, 1.82) is 0 Å². The second-order valence-corrected chi connectivity index (χ2v) is 11.0. The molecule has 0 aliphatic carbocycles. The smallest absolute Gasteiger partial charge is 0.210 e. The van der Waals surface area contributed by atoms with Gasteiger partial charge < -0.3 is 14.5 Å². The maximum Gasteiger partial charge on any atom is 0.210 e. The number of halogens is 1. The van der Waals surface area contributed by atoms with Crippen LogP contribution < -0.4 is 14.5 Å². The van der Waals surface area contributed by atoms with Crippen molar-refractivity contribution in [3.8, 4) is 5.75 Å². The molecule has 8 heteroatoms. The van der Waals surface area contributed by atoms with Crippen molar-refractivity contribution in [3.63, 3.8) is 0 Å².